The van der Waals surface area contributed by atoms with Gasteiger partial charge in [0.25, 0.3) is 5.91 Å². The highest BCUT2D eigenvalue weighted by Crippen LogP contribution is 2.21. The van der Waals surface area contributed by atoms with Gasteiger partial charge in [0.2, 0.25) is 0 Å². The summed E-state index contributed by atoms with van der Waals surface area (Å²) in [4.78, 5) is 16.3. The summed E-state index contributed by atoms with van der Waals surface area (Å²) in [5, 5.41) is 9.85. The van der Waals surface area contributed by atoms with Gasteiger partial charge in [-0.2, -0.15) is 5.10 Å². The van der Waals surface area contributed by atoms with Gasteiger partial charge in [0.05, 0.1) is 6.61 Å². The maximum absolute atomic E-state index is 12.8. The summed E-state index contributed by atoms with van der Waals surface area (Å²) in [5.41, 5.74) is 0.433. The maximum Gasteiger partial charge on any atom is 0.251 e. The number of ether oxygens (including phenoxy) is 1. The van der Waals surface area contributed by atoms with E-state index in [4.69, 9.17) is 4.74 Å². The minimum atomic E-state index is -0.360. The van der Waals surface area contributed by atoms with E-state index in [0.717, 1.165) is 24.7 Å². The van der Waals surface area contributed by atoms with Crippen molar-refractivity contribution in [2.75, 3.05) is 19.8 Å². The van der Waals surface area contributed by atoms with Gasteiger partial charge in [0.1, 0.15) is 11.6 Å². The minimum absolute atomic E-state index is 0.232. The largest absolute Gasteiger partial charge is 0.381 e. The molecule has 22 heavy (non-hydrogen) atoms. The smallest absolute Gasteiger partial charge is 0.251 e. The number of nitrogens with zero attached hydrogens (tertiary/aromatic N) is 2. The summed E-state index contributed by atoms with van der Waals surface area (Å²) in [7, 11) is 0. The quantitative estimate of drug-likeness (QED) is 0.875. The molecule has 0 bridgehead atoms. The van der Waals surface area contributed by atoms with E-state index in [9.17, 15) is 9.18 Å². The Morgan fingerprint density at radius 3 is 2.95 bits per heavy atom. The number of halogens is 1. The molecule has 0 saturated carbocycles. The van der Waals surface area contributed by atoms with Crippen LogP contribution < -0.4 is 5.32 Å². The fourth-order valence-electron chi connectivity index (χ4n) is 2.34. The van der Waals surface area contributed by atoms with Crippen LogP contribution in [0.4, 0.5) is 4.39 Å². The molecule has 1 aliphatic rings. The fourth-order valence-corrected chi connectivity index (χ4v) is 2.34. The molecule has 1 aliphatic heterocycles. The topological polar surface area (TPSA) is 79.9 Å². The molecule has 1 aromatic heterocycles. The Kier molecular flexibility index (Phi) is 4.43. The second kappa shape index (κ2) is 6.65. The first-order chi connectivity index (χ1) is 10.7. The number of aromatic nitrogens is 3. The first-order valence-corrected chi connectivity index (χ1v) is 7.25. The molecule has 0 radical (unpaired) electrons. The van der Waals surface area contributed by atoms with Crippen molar-refractivity contribution >= 4 is 5.91 Å². The van der Waals surface area contributed by atoms with Crippen LogP contribution in [-0.4, -0.2) is 40.8 Å². The number of carbonyl (C=O) groups excluding carboxylic acids is 1. The molecular formula is C15H17FN4O2. The molecule has 116 valence electrons. The van der Waals surface area contributed by atoms with Gasteiger partial charge in [0, 0.05) is 31.1 Å². The normalized spacial score (nSPS) is 17.6. The van der Waals surface area contributed by atoms with Crippen molar-refractivity contribution in [3.8, 4) is 0 Å². The number of carbonyl (C=O) groups is 1. The third kappa shape index (κ3) is 3.48. The zero-order valence-electron chi connectivity index (χ0n) is 12.0. The van der Waals surface area contributed by atoms with Crippen LogP contribution in [0.2, 0.25) is 0 Å². The molecule has 2 aromatic rings. The van der Waals surface area contributed by atoms with E-state index in [2.05, 4.69) is 20.5 Å². The predicted molar refractivity (Wildman–Crippen MR) is 77.0 cm³/mol. The standard InChI is InChI=1S/C15H17FN4O2/c16-12-3-1-10(2-4-12)15(21)17-7-5-13-18-14(20-19-13)11-6-8-22-9-11/h1-4,11H,5-9H2,(H,17,21)(H,18,19,20)/t11-/m0/s1. The first-order valence-electron chi connectivity index (χ1n) is 7.25. The molecule has 0 unspecified atom stereocenters. The molecule has 0 spiro atoms. The van der Waals surface area contributed by atoms with Crippen LogP contribution in [0.15, 0.2) is 24.3 Å². The van der Waals surface area contributed by atoms with Gasteiger partial charge in [-0.1, -0.05) is 0 Å². The maximum atomic E-state index is 12.8. The highest BCUT2D eigenvalue weighted by molar-refractivity contribution is 5.94. The van der Waals surface area contributed by atoms with Gasteiger partial charge >= 0.3 is 0 Å². The average molecular weight is 304 g/mol. The molecule has 2 heterocycles. The minimum Gasteiger partial charge on any atom is -0.381 e. The van der Waals surface area contributed by atoms with Crippen LogP contribution in [0.25, 0.3) is 0 Å². The Morgan fingerprint density at radius 1 is 1.41 bits per heavy atom. The molecule has 1 fully saturated rings. The number of rotatable bonds is 5. The van der Waals surface area contributed by atoms with Crippen LogP contribution in [0.5, 0.6) is 0 Å². The van der Waals surface area contributed by atoms with Crippen molar-refractivity contribution in [2.45, 2.75) is 18.8 Å². The van der Waals surface area contributed by atoms with E-state index in [-0.39, 0.29) is 17.6 Å². The Hall–Kier alpha value is -2.28. The van der Waals surface area contributed by atoms with Crippen LogP contribution in [0, 0.1) is 5.82 Å². The number of nitrogens with one attached hydrogen (secondary N) is 2. The van der Waals surface area contributed by atoms with Crippen LogP contribution in [-0.2, 0) is 11.2 Å². The van der Waals surface area contributed by atoms with Crippen molar-refractivity contribution in [2.24, 2.45) is 0 Å². The van der Waals surface area contributed by atoms with E-state index in [1.165, 1.54) is 24.3 Å². The van der Waals surface area contributed by atoms with Crippen LogP contribution in [0.3, 0.4) is 0 Å². The van der Waals surface area contributed by atoms with Crippen molar-refractivity contribution in [1.82, 2.24) is 20.5 Å². The predicted octanol–water partition coefficient (Wildman–Crippen LogP) is 1.42. The number of hydrogen-bond acceptors (Lipinski definition) is 4. The van der Waals surface area contributed by atoms with Crippen molar-refractivity contribution in [1.29, 1.82) is 0 Å². The number of aromatic amines is 1. The first kappa shape index (κ1) is 14.6. The van der Waals surface area contributed by atoms with E-state index >= 15 is 0 Å². The lowest BCUT2D eigenvalue weighted by Gasteiger charge is -2.03. The zero-order chi connectivity index (χ0) is 15.4. The molecule has 3 rings (SSSR count). The lowest BCUT2D eigenvalue weighted by Crippen LogP contribution is -2.25. The summed E-state index contributed by atoms with van der Waals surface area (Å²) >= 11 is 0. The zero-order valence-corrected chi connectivity index (χ0v) is 12.0. The highest BCUT2D eigenvalue weighted by Gasteiger charge is 2.21. The molecule has 1 saturated heterocycles. The van der Waals surface area contributed by atoms with E-state index < -0.39 is 0 Å². The lowest BCUT2D eigenvalue weighted by molar-refractivity contribution is 0.0954. The average Bonchev–Trinajstić information content (AvgIpc) is 3.19. The molecule has 2 N–H and O–H groups in total. The highest BCUT2D eigenvalue weighted by atomic mass is 19.1. The number of hydrogen-bond donors (Lipinski definition) is 2. The van der Waals surface area contributed by atoms with Crippen molar-refractivity contribution in [3.63, 3.8) is 0 Å². The molecule has 6 nitrogen and oxygen atoms in total. The number of H-pyrrole nitrogens is 1. The molecular weight excluding hydrogens is 287 g/mol. The van der Waals surface area contributed by atoms with Crippen molar-refractivity contribution < 1.29 is 13.9 Å². The Balaban J connectivity index is 1.48. The summed E-state index contributed by atoms with van der Waals surface area (Å²) < 4.78 is 18.1. The van der Waals surface area contributed by atoms with Gasteiger partial charge in [0.15, 0.2) is 5.82 Å². The monoisotopic (exact) mass is 304 g/mol. The summed E-state index contributed by atoms with van der Waals surface area (Å²) in [6, 6.07) is 5.44. The third-order valence-electron chi connectivity index (χ3n) is 3.60. The van der Waals surface area contributed by atoms with E-state index in [0.29, 0.717) is 25.1 Å². The van der Waals surface area contributed by atoms with Crippen molar-refractivity contribution in [3.05, 3.63) is 47.3 Å². The lowest BCUT2D eigenvalue weighted by atomic mass is 10.1. The Labute approximate surface area is 127 Å². The Bertz CT molecular complexity index is 635. The fraction of sp³-hybridized carbons (Fsp3) is 0.400. The molecule has 1 amide bonds. The van der Waals surface area contributed by atoms with Gasteiger partial charge in [-0.05, 0) is 30.7 Å². The SMILES string of the molecule is O=C(NCCc1nc([C@H]2CCOC2)n[nH]1)c1ccc(F)cc1. The number of amides is 1. The second-order valence-electron chi connectivity index (χ2n) is 5.21. The summed E-state index contributed by atoms with van der Waals surface area (Å²) in [6.45, 7) is 1.85. The van der Waals surface area contributed by atoms with Gasteiger partial charge < -0.3 is 10.1 Å². The summed E-state index contributed by atoms with van der Waals surface area (Å²) in [5.74, 6) is 1.18. The van der Waals surface area contributed by atoms with E-state index in [1.54, 1.807) is 0 Å². The molecule has 0 aliphatic carbocycles. The van der Waals surface area contributed by atoms with Gasteiger partial charge in [-0.15, -0.1) is 0 Å². The molecule has 1 atom stereocenters. The summed E-state index contributed by atoms with van der Waals surface area (Å²) in [6.07, 6.45) is 1.51. The third-order valence-corrected chi connectivity index (χ3v) is 3.60. The van der Waals surface area contributed by atoms with Gasteiger partial charge in [-0.3, -0.25) is 9.89 Å². The Morgan fingerprint density at radius 2 is 2.23 bits per heavy atom. The van der Waals surface area contributed by atoms with Crippen LogP contribution >= 0.6 is 0 Å². The number of benzene rings is 1. The van der Waals surface area contributed by atoms with Crippen LogP contribution in [0.1, 0.15) is 34.3 Å². The molecule has 1 aromatic carbocycles. The second-order valence-corrected chi connectivity index (χ2v) is 5.21. The van der Waals surface area contributed by atoms with E-state index in [1.807, 2.05) is 0 Å². The van der Waals surface area contributed by atoms with Gasteiger partial charge in [-0.25, -0.2) is 9.37 Å². The molecule has 7 heteroatoms.